The van der Waals surface area contributed by atoms with Crippen LogP contribution in [0.4, 0.5) is 0 Å². The summed E-state index contributed by atoms with van der Waals surface area (Å²) in [6, 6.07) is 5.06. The summed E-state index contributed by atoms with van der Waals surface area (Å²) in [6.07, 6.45) is 2.23. The molecule has 0 bridgehead atoms. The molecule has 1 aliphatic rings. The molecule has 1 aromatic carbocycles. The van der Waals surface area contributed by atoms with Gasteiger partial charge in [0.05, 0.1) is 4.90 Å². The number of nitrogens with one attached hydrogen (secondary N) is 1. The third-order valence-electron chi connectivity index (χ3n) is 2.85. The van der Waals surface area contributed by atoms with Crippen LogP contribution in [0.2, 0.25) is 0 Å². The monoisotopic (exact) mass is 381 g/mol. The highest BCUT2D eigenvalue weighted by Crippen LogP contribution is 2.33. The molecule has 1 unspecified atom stereocenters. The van der Waals surface area contributed by atoms with Crippen molar-refractivity contribution >= 4 is 41.9 Å². The minimum absolute atomic E-state index is 0.00977. The van der Waals surface area contributed by atoms with Crippen LogP contribution in [0.3, 0.4) is 0 Å². The zero-order chi connectivity index (χ0) is 12.6. The van der Waals surface area contributed by atoms with Gasteiger partial charge in [-0.2, -0.15) is 0 Å². The second-order valence-electron chi connectivity index (χ2n) is 4.32. The highest BCUT2D eigenvalue weighted by atomic mass is 79.9. The summed E-state index contributed by atoms with van der Waals surface area (Å²) in [5, 5.41) is 0. The molecule has 2 rings (SSSR count). The van der Waals surface area contributed by atoms with E-state index in [2.05, 4.69) is 36.6 Å². The van der Waals surface area contributed by atoms with Gasteiger partial charge in [-0.15, -0.1) is 0 Å². The molecule has 0 saturated heterocycles. The summed E-state index contributed by atoms with van der Waals surface area (Å²) in [4.78, 5) is 0.285. The molecule has 6 heteroatoms. The summed E-state index contributed by atoms with van der Waals surface area (Å²) in [5.74, 6) is 0.499. The fourth-order valence-corrected chi connectivity index (χ4v) is 4.75. The molecule has 0 heterocycles. The van der Waals surface area contributed by atoms with Gasteiger partial charge in [0.25, 0.3) is 0 Å². The fourth-order valence-electron chi connectivity index (χ4n) is 1.69. The molecule has 1 aromatic rings. The van der Waals surface area contributed by atoms with E-state index < -0.39 is 10.0 Å². The third-order valence-corrected chi connectivity index (χ3v) is 5.88. The maximum atomic E-state index is 12.2. The van der Waals surface area contributed by atoms with Gasteiger partial charge >= 0.3 is 0 Å². The van der Waals surface area contributed by atoms with E-state index in [4.69, 9.17) is 0 Å². The zero-order valence-corrected chi connectivity index (χ0v) is 13.3. The van der Waals surface area contributed by atoms with E-state index in [1.54, 1.807) is 18.2 Å². The molecule has 1 saturated carbocycles. The number of halogens is 2. The van der Waals surface area contributed by atoms with E-state index in [1.165, 1.54) is 0 Å². The van der Waals surface area contributed by atoms with Gasteiger partial charge in [0.15, 0.2) is 0 Å². The lowest BCUT2D eigenvalue weighted by Crippen LogP contribution is -2.34. The first-order valence-corrected chi connectivity index (χ1v) is 8.44. The molecule has 0 radical (unpaired) electrons. The lowest BCUT2D eigenvalue weighted by molar-refractivity contribution is 0.537. The van der Waals surface area contributed by atoms with Crippen LogP contribution in [-0.4, -0.2) is 14.5 Å². The maximum absolute atomic E-state index is 12.2. The van der Waals surface area contributed by atoms with Crippen LogP contribution in [0.1, 0.15) is 19.8 Å². The van der Waals surface area contributed by atoms with Crippen LogP contribution in [0, 0.1) is 5.92 Å². The Hall–Kier alpha value is 0.0900. The van der Waals surface area contributed by atoms with Gasteiger partial charge in [0, 0.05) is 15.0 Å². The third kappa shape index (κ3) is 3.30. The lowest BCUT2D eigenvalue weighted by Gasteiger charge is -2.14. The van der Waals surface area contributed by atoms with Crippen molar-refractivity contribution in [1.29, 1.82) is 0 Å². The van der Waals surface area contributed by atoms with Crippen molar-refractivity contribution < 1.29 is 8.42 Å². The van der Waals surface area contributed by atoms with Crippen LogP contribution in [-0.2, 0) is 10.0 Å². The van der Waals surface area contributed by atoms with Crippen molar-refractivity contribution in [3.63, 3.8) is 0 Å². The van der Waals surface area contributed by atoms with Crippen molar-refractivity contribution in [3.8, 4) is 0 Å². The average molecular weight is 383 g/mol. The first-order valence-electron chi connectivity index (χ1n) is 5.37. The normalized spacial score (nSPS) is 18.1. The number of hydrogen-bond donors (Lipinski definition) is 1. The molecule has 17 heavy (non-hydrogen) atoms. The highest BCUT2D eigenvalue weighted by Gasteiger charge is 2.31. The Bertz CT molecular complexity index is 526. The smallest absolute Gasteiger partial charge is 0.208 e. The Labute approximate surface area is 118 Å². The predicted octanol–water partition coefficient (Wildman–Crippen LogP) is 3.29. The molecule has 0 spiro atoms. The van der Waals surface area contributed by atoms with E-state index in [1.807, 2.05) is 6.92 Å². The maximum Gasteiger partial charge on any atom is 0.241 e. The molecule has 0 aromatic heterocycles. The van der Waals surface area contributed by atoms with Crippen molar-refractivity contribution in [3.05, 3.63) is 27.1 Å². The molecule has 0 amide bonds. The second-order valence-corrected chi connectivity index (χ2v) is 7.77. The van der Waals surface area contributed by atoms with Crippen molar-refractivity contribution in [2.24, 2.45) is 5.92 Å². The second kappa shape index (κ2) is 4.99. The van der Waals surface area contributed by atoms with Crippen molar-refractivity contribution in [2.75, 3.05) is 0 Å². The SMILES string of the molecule is CC(NS(=O)(=O)c1ccc(Br)cc1Br)C1CC1. The number of rotatable bonds is 4. The number of hydrogen-bond acceptors (Lipinski definition) is 2. The standard InChI is InChI=1S/C11H13Br2NO2S/c1-7(8-2-3-8)14-17(15,16)11-5-4-9(12)6-10(11)13/h4-8,14H,2-3H2,1H3. The molecule has 1 aliphatic carbocycles. The molecule has 94 valence electrons. The minimum Gasteiger partial charge on any atom is -0.208 e. The first kappa shape index (κ1) is 13.5. The molecule has 0 aliphatic heterocycles. The van der Waals surface area contributed by atoms with E-state index >= 15 is 0 Å². The van der Waals surface area contributed by atoms with Crippen LogP contribution in [0.15, 0.2) is 32.0 Å². The molecule has 1 fully saturated rings. The van der Waals surface area contributed by atoms with Gasteiger partial charge in [-0.25, -0.2) is 13.1 Å². The van der Waals surface area contributed by atoms with E-state index in [9.17, 15) is 8.42 Å². The molecule has 3 nitrogen and oxygen atoms in total. The topological polar surface area (TPSA) is 46.2 Å². The van der Waals surface area contributed by atoms with Crippen LogP contribution in [0.5, 0.6) is 0 Å². The Morgan fingerprint density at radius 3 is 2.53 bits per heavy atom. The van der Waals surface area contributed by atoms with Gasteiger partial charge < -0.3 is 0 Å². The van der Waals surface area contributed by atoms with Gasteiger partial charge in [0.2, 0.25) is 10.0 Å². The van der Waals surface area contributed by atoms with Gasteiger partial charge in [0.1, 0.15) is 0 Å². The first-order chi connectivity index (χ1) is 7.90. The summed E-state index contributed by atoms with van der Waals surface area (Å²) in [5.41, 5.74) is 0. The van der Waals surface area contributed by atoms with Gasteiger partial charge in [-0.3, -0.25) is 0 Å². The van der Waals surface area contributed by atoms with E-state index in [0.717, 1.165) is 17.3 Å². The zero-order valence-electron chi connectivity index (χ0n) is 9.28. The molecule has 1 N–H and O–H groups in total. The largest absolute Gasteiger partial charge is 0.241 e. The van der Waals surface area contributed by atoms with E-state index in [-0.39, 0.29) is 10.9 Å². The summed E-state index contributed by atoms with van der Waals surface area (Å²) < 4.78 is 28.4. The Balaban J connectivity index is 2.24. The lowest BCUT2D eigenvalue weighted by atomic mass is 10.2. The predicted molar refractivity (Wildman–Crippen MR) is 74.3 cm³/mol. The van der Waals surface area contributed by atoms with Crippen LogP contribution < -0.4 is 4.72 Å². The van der Waals surface area contributed by atoms with Crippen LogP contribution in [0.25, 0.3) is 0 Å². The van der Waals surface area contributed by atoms with Crippen molar-refractivity contribution in [1.82, 2.24) is 4.72 Å². The van der Waals surface area contributed by atoms with E-state index in [0.29, 0.717) is 10.4 Å². The number of sulfonamides is 1. The average Bonchev–Trinajstić information content (AvgIpc) is 2.98. The Morgan fingerprint density at radius 1 is 1.35 bits per heavy atom. The minimum atomic E-state index is -3.43. The quantitative estimate of drug-likeness (QED) is 0.868. The molecule has 1 atom stereocenters. The summed E-state index contributed by atoms with van der Waals surface area (Å²) >= 11 is 6.58. The number of benzene rings is 1. The van der Waals surface area contributed by atoms with Gasteiger partial charge in [-0.05, 0) is 59.8 Å². The summed E-state index contributed by atoms with van der Waals surface area (Å²) in [7, 11) is -3.43. The summed E-state index contributed by atoms with van der Waals surface area (Å²) in [6.45, 7) is 1.92. The van der Waals surface area contributed by atoms with Crippen molar-refractivity contribution in [2.45, 2.75) is 30.7 Å². The fraction of sp³-hybridized carbons (Fsp3) is 0.455. The molecular formula is C11H13Br2NO2S. The highest BCUT2D eigenvalue weighted by molar-refractivity contribution is 9.11. The van der Waals surface area contributed by atoms with Gasteiger partial charge in [-0.1, -0.05) is 15.9 Å². The Kier molecular flexibility index (Phi) is 3.97. The molecular weight excluding hydrogens is 370 g/mol. The van der Waals surface area contributed by atoms with Crippen LogP contribution >= 0.6 is 31.9 Å². The Morgan fingerprint density at radius 2 is 2.00 bits per heavy atom.